The van der Waals surface area contributed by atoms with E-state index in [0.29, 0.717) is 11.8 Å². The molecule has 0 amide bonds. The third kappa shape index (κ3) is 4.03. The lowest BCUT2D eigenvalue weighted by molar-refractivity contribution is 0.482. The minimum absolute atomic E-state index is 0.661. The fourth-order valence-corrected chi connectivity index (χ4v) is 1.91. The predicted octanol–water partition coefficient (Wildman–Crippen LogP) is 4.57. The van der Waals surface area contributed by atoms with E-state index < -0.39 is 0 Å². The van der Waals surface area contributed by atoms with Crippen LogP contribution >= 0.6 is 0 Å². The van der Waals surface area contributed by atoms with E-state index in [1.165, 1.54) is 17.5 Å². The highest BCUT2D eigenvalue weighted by atomic mass is 14.6. The summed E-state index contributed by atoms with van der Waals surface area (Å²) in [4.78, 5) is 4.20. The van der Waals surface area contributed by atoms with E-state index in [4.69, 9.17) is 0 Å². The van der Waals surface area contributed by atoms with Gasteiger partial charge in [-0.15, -0.1) is 0 Å². The summed E-state index contributed by atoms with van der Waals surface area (Å²) in [5.74, 6) is 1.36. The number of nitrogens with zero attached hydrogens (tertiary/aromatic N) is 1. The minimum atomic E-state index is 0.661. The molecule has 0 aliphatic heterocycles. The van der Waals surface area contributed by atoms with Crippen molar-refractivity contribution in [2.45, 2.75) is 53.9 Å². The second-order valence-corrected chi connectivity index (χ2v) is 3.99. The number of hydrogen-bond donors (Lipinski definition) is 0. The molecule has 1 heteroatoms. The van der Waals surface area contributed by atoms with E-state index >= 15 is 0 Å². The first-order valence-corrected chi connectivity index (χ1v) is 6.07. The predicted molar refractivity (Wildman–Crippen MR) is 68.2 cm³/mol. The lowest BCUT2D eigenvalue weighted by atomic mass is 9.85. The van der Waals surface area contributed by atoms with Crippen LogP contribution in [-0.2, 0) is 0 Å². The number of aryl methyl sites for hydroxylation is 1. The highest BCUT2D eigenvalue weighted by molar-refractivity contribution is 5.25. The van der Waals surface area contributed by atoms with E-state index in [0.717, 1.165) is 0 Å². The van der Waals surface area contributed by atoms with Gasteiger partial charge < -0.3 is 0 Å². The van der Waals surface area contributed by atoms with Crippen molar-refractivity contribution in [1.82, 2.24) is 4.98 Å². The highest BCUT2D eigenvalue weighted by Crippen LogP contribution is 2.28. The monoisotopic (exact) mass is 207 g/mol. The highest BCUT2D eigenvalue weighted by Gasteiger charge is 2.15. The zero-order valence-corrected chi connectivity index (χ0v) is 11.0. The lowest BCUT2D eigenvalue weighted by Crippen LogP contribution is -2.07. The average Bonchev–Trinajstić information content (AvgIpc) is 2.24. The van der Waals surface area contributed by atoms with E-state index in [2.05, 4.69) is 38.7 Å². The molecular weight excluding hydrogens is 182 g/mol. The summed E-state index contributed by atoms with van der Waals surface area (Å²) in [5, 5.41) is 0. The Kier molecular flexibility index (Phi) is 7.02. The van der Waals surface area contributed by atoms with Crippen LogP contribution < -0.4 is 0 Å². The summed E-state index contributed by atoms with van der Waals surface area (Å²) < 4.78 is 0. The fourth-order valence-electron chi connectivity index (χ4n) is 1.91. The van der Waals surface area contributed by atoms with Gasteiger partial charge in [-0.05, 0) is 42.4 Å². The molecule has 0 aliphatic rings. The summed E-state index contributed by atoms with van der Waals surface area (Å²) in [5.41, 5.74) is 2.79. The molecule has 15 heavy (non-hydrogen) atoms. The molecule has 86 valence electrons. The van der Waals surface area contributed by atoms with Gasteiger partial charge in [0.05, 0.1) is 0 Å². The maximum Gasteiger partial charge on any atom is 0.0305 e. The van der Waals surface area contributed by atoms with Gasteiger partial charge in [0.25, 0.3) is 0 Å². The summed E-state index contributed by atoms with van der Waals surface area (Å²) in [6.07, 6.45) is 5.08. The van der Waals surface area contributed by atoms with Crippen LogP contribution in [0, 0.1) is 12.8 Å². The molecule has 1 heterocycles. The number of hydrogen-bond acceptors (Lipinski definition) is 1. The van der Waals surface area contributed by atoms with E-state index in [9.17, 15) is 0 Å². The van der Waals surface area contributed by atoms with Gasteiger partial charge in [-0.1, -0.05) is 34.6 Å². The third-order valence-electron chi connectivity index (χ3n) is 2.72. The smallest absolute Gasteiger partial charge is 0.0305 e. The van der Waals surface area contributed by atoms with E-state index in [1.54, 1.807) is 0 Å². The van der Waals surface area contributed by atoms with Crippen LogP contribution in [0.4, 0.5) is 0 Å². The summed E-state index contributed by atoms with van der Waals surface area (Å²) in [7, 11) is 0. The molecule has 1 nitrogen and oxygen atoms in total. The topological polar surface area (TPSA) is 12.9 Å². The molecule has 0 aliphatic carbocycles. The molecule has 0 spiro atoms. The molecule has 0 N–H and O–H groups in total. The van der Waals surface area contributed by atoms with Crippen molar-refractivity contribution < 1.29 is 0 Å². The van der Waals surface area contributed by atoms with Crippen molar-refractivity contribution in [3.05, 3.63) is 29.6 Å². The van der Waals surface area contributed by atoms with Gasteiger partial charge >= 0.3 is 0 Å². The van der Waals surface area contributed by atoms with Gasteiger partial charge in [0, 0.05) is 12.4 Å². The van der Waals surface area contributed by atoms with Gasteiger partial charge in [0.2, 0.25) is 0 Å². The van der Waals surface area contributed by atoms with Crippen LogP contribution in [0.15, 0.2) is 18.5 Å². The Bertz CT molecular complexity index is 266. The summed E-state index contributed by atoms with van der Waals surface area (Å²) in [6.45, 7) is 13.0. The van der Waals surface area contributed by atoms with Crippen LogP contribution in [0.3, 0.4) is 0 Å². The van der Waals surface area contributed by atoms with Crippen molar-refractivity contribution in [2.24, 2.45) is 5.92 Å². The molecule has 1 unspecified atom stereocenters. The Hall–Kier alpha value is -0.850. The first-order valence-electron chi connectivity index (χ1n) is 6.07. The maximum absolute atomic E-state index is 4.20. The fraction of sp³-hybridized carbons (Fsp3) is 0.643. The van der Waals surface area contributed by atoms with Crippen molar-refractivity contribution in [2.75, 3.05) is 0 Å². The molecule has 1 aromatic heterocycles. The second kappa shape index (κ2) is 7.44. The molecule has 1 atom stereocenters. The maximum atomic E-state index is 4.20. The van der Waals surface area contributed by atoms with Gasteiger partial charge in [-0.3, -0.25) is 4.98 Å². The van der Waals surface area contributed by atoms with Gasteiger partial charge in [-0.2, -0.15) is 0 Å². The Balaban J connectivity index is 0.000000921. The molecule has 0 fully saturated rings. The SMILES string of the molecule is CC.CCC(c1cnccc1C)C(C)C. The van der Waals surface area contributed by atoms with Crippen molar-refractivity contribution >= 4 is 0 Å². The second-order valence-electron chi connectivity index (χ2n) is 3.99. The normalized spacial score (nSPS) is 11.9. The first-order chi connectivity index (χ1) is 7.16. The van der Waals surface area contributed by atoms with Crippen LogP contribution in [0.5, 0.6) is 0 Å². The molecule has 1 rings (SSSR count). The van der Waals surface area contributed by atoms with Gasteiger partial charge in [-0.25, -0.2) is 0 Å². The van der Waals surface area contributed by atoms with E-state index in [-0.39, 0.29) is 0 Å². The molecule has 0 aromatic carbocycles. The van der Waals surface area contributed by atoms with Gasteiger partial charge in [0.1, 0.15) is 0 Å². The molecule has 0 saturated carbocycles. The number of pyridine rings is 1. The zero-order valence-electron chi connectivity index (χ0n) is 11.0. The standard InChI is InChI=1S/C12H19N.C2H6/c1-5-11(9(2)3)12-8-13-7-6-10(12)4;1-2/h6-9,11H,5H2,1-4H3;1-2H3. The Morgan fingerprint density at radius 3 is 2.27 bits per heavy atom. The quantitative estimate of drug-likeness (QED) is 0.707. The summed E-state index contributed by atoms with van der Waals surface area (Å²) >= 11 is 0. The largest absolute Gasteiger partial charge is 0.264 e. The Morgan fingerprint density at radius 2 is 1.87 bits per heavy atom. The number of aromatic nitrogens is 1. The first kappa shape index (κ1) is 14.2. The Labute approximate surface area is 94.9 Å². The molecule has 0 radical (unpaired) electrons. The van der Waals surface area contributed by atoms with E-state index in [1.807, 2.05) is 26.2 Å². The zero-order chi connectivity index (χ0) is 11.8. The third-order valence-corrected chi connectivity index (χ3v) is 2.72. The van der Waals surface area contributed by atoms with Crippen molar-refractivity contribution in [3.8, 4) is 0 Å². The lowest BCUT2D eigenvalue weighted by Gasteiger charge is -2.20. The summed E-state index contributed by atoms with van der Waals surface area (Å²) in [6, 6.07) is 2.10. The Morgan fingerprint density at radius 1 is 1.27 bits per heavy atom. The molecular formula is C14H25N. The molecule has 1 aromatic rings. The van der Waals surface area contributed by atoms with Gasteiger partial charge in [0.15, 0.2) is 0 Å². The van der Waals surface area contributed by atoms with Crippen LogP contribution in [-0.4, -0.2) is 4.98 Å². The molecule has 0 saturated heterocycles. The number of rotatable bonds is 3. The van der Waals surface area contributed by atoms with Crippen LogP contribution in [0.25, 0.3) is 0 Å². The van der Waals surface area contributed by atoms with Crippen molar-refractivity contribution in [3.63, 3.8) is 0 Å². The van der Waals surface area contributed by atoms with Crippen LogP contribution in [0.2, 0.25) is 0 Å². The average molecular weight is 207 g/mol. The van der Waals surface area contributed by atoms with Crippen LogP contribution in [0.1, 0.15) is 58.1 Å². The molecule has 0 bridgehead atoms. The minimum Gasteiger partial charge on any atom is -0.264 e. The van der Waals surface area contributed by atoms with Crippen molar-refractivity contribution in [1.29, 1.82) is 0 Å².